The first-order valence-electron chi connectivity index (χ1n) is 12.9. The molecule has 0 bridgehead atoms. The molecule has 36 heavy (non-hydrogen) atoms. The average molecular weight is 607 g/mol. The number of hydrogen-bond acceptors (Lipinski definition) is 5. The minimum atomic E-state index is -0.276. The number of amides is 1. The van der Waals surface area contributed by atoms with Crippen LogP contribution in [0.1, 0.15) is 69.2 Å². The molecule has 0 spiro atoms. The van der Waals surface area contributed by atoms with Gasteiger partial charge in [0.15, 0.2) is 0 Å². The Kier molecular flexibility index (Phi) is 10.3. The number of aromatic hydroxyl groups is 3. The van der Waals surface area contributed by atoms with E-state index < -0.39 is 0 Å². The number of carbonyl (C=O) groups is 1. The van der Waals surface area contributed by atoms with Crippen molar-refractivity contribution >= 4 is 45.6 Å². The second kappa shape index (κ2) is 13.2. The van der Waals surface area contributed by atoms with Crippen molar-refractivity contribution < 1.29 is 20.1 Å². The predicted molar refractivity (Wildman–Crippen MR) is 156 cm³/mol. The fourth-order valence-electron chi connectivity index (χ4n) is 4.83. The molecule has 7 heteroatoms. The zero-order chi connectivity index (χ0) is 26.2. The van der Waals surface area contributed by atoms with Crippen molar-refractivity contribution in [3.63, 3.8) is 0 Å². The van der Waals surface area contributed by atoms with E-state index in [4.69, 9.17) is 0 Å². The zero-order valence-electron chi connectivity index (χ0n) is 21.3. The molecule has 2 aromatic rings. The van der Waals surface area contributed by atoms with Crippen LogP contribution in [0.3, 0.4) is 0 Å². The number of nitrogens with one attached hydrogen (secondary N) is 1. The number of alkyl halides is 1. The van der Waals surface area contributed by atoms with E-state index in [-0.39, 0.29) is 28.8 Å². The Morgan fingerprint density at radius 2 is 1.64 bits per heavy atom. The lowest BCUT2D eigenvalue weighted by Crippen LogP contribution is -2.32. The van der Waals surface area contributed by atoms with Crippen LogP contribution in [0.2, 0.25) is 0 Å². The van der Waals surface area contributed by atoms with Gasteiger partial charge in [0.25, 0.3) is 5.91 Å². The first-order valence-corrected chi connectivity index (χ1v) is 14.4. The first-order chi connectivity index (χ1) is 17.2. The number of halogens is 1. The van der Waals surface area contributed by atoms with Crippen LogP contribution >= 0.6 is 22.6 Å². The van der Waals surface area contributed by atoms with Gasteiger partial charge in [-0.2, -0.15) is 0 Å². The molecule has 3 unspecified atom stereocenters. The highest BCUT2D eigenvalue weighted by Crippen LogP contribution is 2.46. The van der Waals surface area contributed by atoms with Crippen LogP contribution in [0.5, 0.6) is 17.2 Å². The molecule has 1 heterocycles. The summed E-state index contributed by atoms with van der Waals surface area (Å²) in [5.74, 6) is 1.10. The SMILES string of the molecule is C=CC(CI)CCCC(C)CCCC(C)CCN1C(=O)c2cccc(O)c2Nc2c(O)cc(O)cc21. The summed E-state index contributed by atoms with van der Waals surface area (Å²) in [5.41, 5.74) is 1.28. The Morgan fingerprint density at radius 3 is 2.31 bits per heavy atom. The van der Waals surface area contributed by atoms with Gasteiger partial charge in [0.1, 0.15) is 22.9 Å². The Morgan fingerprint density at radius 1 is 0.972 bits per heavy atom. The molecule has 6 nitrogen and oxygen atoms in total. The minimum Gasteiger partial charge on any atom is -0.508 e. The van der Waals surface area contributed by atoms with E-state index >= 15 is 0 Å². The van der Waals surface area contributed by atoms with E-state index in [0.29, 0.717) is 41.2 Å². The van der Waals surface area contributed by atoms with Crippen LogP contribution in [-0.2, 0) is 0 Å². The van der Waals surface area contributed by atoms with E-state index in [0.717, 1.165) is 23.7 Å². The fourth-order valence-corrected chi connectivity index (χ4v) is 5.63. The second-order valence-electron chi connectivity index (χ2n) is 10.2. The molecule has 3 rings (SSSR count). The van der Waals surface area contributed by atoms with Crippen molar-refractivity contribution in [3.8, 4) is 17.2 Å². The summed E-state index contributed by atoms with van der Waals surface area (Å²) in [6, 6.07) is 7.48. The van der Waals surface area contributed by atoms with Crippen LogP contribution in [0, 0.1) is 17.8 Å². The summed E-state index contributed by atoms with van der Waals surface area (Å²) in [6.45, 7) is 8.92. The maximum Gasteiger partial charge on any atom is 0.260 e. The zero-order valence-corrected chi connectivity index (χ0v) is 23.5. The highest BCUT2D eigenvalue weighted by Gasteiger charge is 2.30. The third-order valence-corrected chi connectivity index (χ3v) is 8.31. The van der Waals surface area contributed by atoms with Crippen molar-refractivity contribution in [1.29, 1.82) is 0 Å². The van der Waals surface area contributed by atoms with Crippen LogP contribution in [0.25, 0.3) is 0 Å². The third kappa shape index (κ3) is 7.08. The van der Waals surface area contributed by atoms with Crippen molar-refractivity contribution in [3.05, 3.63) is 48.6 Å². The first kappa shape index (κ1) is 28.2. The normalized spacial score (nSPS) is 15.3. The van der Waals surface area contributed by atoms with E-state index in [2.05, 4.69) is 54.4 Å². The molecule has 0 saturated carbocycles. The third-order valence-electron chi connectivity index (χ3n) is 7.18. The minimum absolute atomic E-state index is 0.0714. The molecule has 2 aromatic carbocycles. The van der Waals surface area contributed by atoms with E-state index in [1.54, 1.807) is 17.0 Å². The molecule has 1 aliphatic rings. The number of benzene rings is 2. The Balaban J connectivity index is 1.60. The quantitative estimate of drug-likeness (QED) is 0.0616. The number of nitrogens with zero attached hydrogens (tertiary/aromatic N) is 1. The molecule has 1 aliphatic heterocycles. The molecule has 0 saturated heterocycles. The van der Waals surface area contributed by atoms with Crippen molar-refractivity contribution in [2.45, 2.75) is 58.8 Å². The molecule has 0 aliphatic carbocycles. The van der Waals surface area contributed by atoms with E-state index in [1.165, 1.54) is 43.9 Å². The lowest BCUT2D eigenvalue weighted by Gasteiger charge is -2.25. The Hall–Kier alpha value is -2.42. The molecule has 3 atom stereocenters. The lowest BCUT2D eigenvalue weighted by atomic mass is 9.92. The number of fused-ring (bicyclic) bond motifs is 2. The van der Waals surface area contributed by atoms with Crippen LogP contribution in [-0.4, -0.2) is 32.2 Å². The molecule has 0 radical (unpaired) electrons. The van der Waals surface area contributed by atoms with Crippen molar-refractivity contribution in [2.24, 2.45) is 17.8 Å². The number of para-hydroxylation sites is 1. The molecule has 4 N–H and O–H groups in total. The van der Waals surface area contributed by atoms with Gasteiger partial charge in [0.05, 0.1) is 16.9 Å². The van der Waals surface area contributed by atoms with Gasteiger partial charge in [-0.3, -0.25) is 4.79 Å². The second-order valence-corrected chi connectivity index (χ2v) is 11.0. The van der Waals surface area contributed by atoms with Gasteiger partial charge in [0, 0.05) is 23.1 Å². The van der Waals surface area contributed by atoms with Gasteiger partial charge in [-0.05, 0) is 42.7 Å². The predicted octanol–water partition coefficient (Wildman–Crippen LogP) is 7.75. The summed E-state index contributed by atoms with van der Waals surface area (Å²) in [5, 5.41) is 34.0. The van der Waals surface area contributed by atoms with E-state index in [1.807, 2.05) is 0 Å². The smallest absolute Gasteiger partial charge is 0.260 e. The topological polar surface area (TPSA) is 93.0 Å². The van der Waals surface area contributed by atoms with Crippen LogP contribution < -0.4 is 10.2 Å². The Labute approximate surface area is 228 Å². The van der Waals surface area contributed by atoms with Gasteiger partial charge in [-0.1, -0.05) is 80.7 Å². The summed E-state index contributed by atoms with van der Waals surface area (Å²) < 4.78 is 1.14. The van der Waals surface area contributed by atoms with E-state index in [9.17, 15) is 20.1 Å². The molecule has 0 fully saturated rings. The van der Waals surface area contributed by atoms with Gasteiger partial charge in [-0.15, -0.1) is 6.58 Å². The number of allylic oxidation sites excluding steroid dienone is 1. The van der Waals surface area contributed by atoms with Crippen LogP contribution in [0.4, 0.5) is 17.1 Å². The average Bonchev–Trinajstić information content (AvgIpc) is 2.96. The maximum atomic E-state index is 13.5. The van der Waals surface area contributed by atoms with Crippen LogP contribution in [0.15, 0.2) is 43.0 Å². The lowest BCUT2D eigenvalue weighted by molar-refractivity contribution is 0.0986. The highest BCUT2D eigenvalue weighted by atomic mass is 127. The van der Waals surface area contributed by atoms with Gasteiger partial charge < -0.3 is 25.5 Å². The summed E-state index contributed by atoms with van der Waals surface area (Å²) in [6.07, 6.45) is 10.0. The van der Waals surface area contributed by atoms with Gasteiger partial charge >= 0.3 is 0 Å². The summed E-state index contributed by atoms with van der Waals surface area (Å²) in [4.78, 5) is 15.1. The van der Waals surface area contributed by atoms with Crippen molar-refractivity contribution in [2.75, 3.05) is 21.2 Å². The number of hydrogen-bond donors (Lipinski definition) is 4. The number of phenolic OH excluding ortho intramolecular Hbond substituents is 3. The Bertz CT molecular complexity index is 1060. The molecule has 0 aromatic heterocycles. The standard InChI is InChI=1S/C29H39IN2O4/c1-4-21(18-30)11-6-10-19(2)8-5-9-20(3)14-15-32-24-16-22(33)17-26(35)28(24)31-27-23(29(32)36)12-7-13-25(27)34/h4,7,12-13,16-17,19-21,31,33-35H,1,5-6,8-11,14-15,18H2,2-3H3. The molecule has 196 valence electrons. The molecular formula is C29H39IN2O4. The fraction of sp³-hybridized carbons (Fsp3) is 0.483. The number of carbonyl (C=O) groups excluding carboxylic acids is 1. The van der Waals surface area contributed by atoms with Gasteiger partial charge in [0.2, 0.25) is 0 Å². The molecular weight excluding hydrogens is 567 g/mol. The number of phenols is 3. The monoisotopic (exact) mass is 606 g/mol. The summed E-state index contributed by atoms with van der Waals surface area (Å²) >= 11 is 2.43. The number of rotatable bonds is 13. The molecule has 1 amide bonds. The van der Waals surface area contributed by atoms with Gasteiger partial charge in [-0.25, -0.2) is 0 Å². The summed E-state index contributed by atoms with van der Waals surface area (Å²) in [7, 11) is 0. The number of anilines is 3. The maximum absolute atomic E-state index is 13.5. The largest absolute Gasteiger partial charge is 0.508 e. The van der Waals surface area contributed by atoms with Crippen molar-refractivity contribution in [1.82, 2.24) is 0 Å². The highest BCUT2D eigenvalue weighted by molar-refractivity contribution is 14.1.